The average Bonchev–Trinajstić information content (AvgIpc) is 2.90. The summed E-state index contributed by atoms with van der Waals surface area (Å²) in [7, 11) is 0. The van der Waals surface area contributed by atoms with Crippen molar-refractivity contribution < 1.29 is 4.79 Å². The highest BCUT2D eigenvalue weighted by atomic mass is 16.1. The minimum Gasteiger partial charge on any atom is -0.338 e. The molecule has 3 aromatic rings. The molecule has 2 N–H and O–H groups in total. The summed E-state index contributed by atoms with van der Waals surface area (Å²) in [5, 5.41) is 0. The number of rotatable bonds is 3. The second-order valence-electron chi connectivity index (χ2n) is 4.53. The molecule has 0 fully saturated rings. The van der Waals surface area contributed by atoms with Crippen molar-refractivity contribution in [3.8, 4) is 11.3 Å². The molecule has 0 atom stereocenters. The lowest BCUT2D eigenvalue weighted by Crippen LogP contribution is -2.17. The Morgan fingerprint density at radius 2 is 1.40 bits per heavy atom. The summed E-state index contributed by atoms with van der Waals surface area (Å²) in [6, 6.07) is 22.5. The van der Waals surface area contributed by atoms with Crippen LogP contribution in [0.2, 0.25) is 0 Å². The highest BCUT2D eigenvalue weighted by Crippen LogP contribution is 2.21. The Bertz CT molecular complexity index is 730. The fourth-order valence-corrected chi connectivity index (χ4v) is 2.21. The number of hydrogen-bond donors (Lipinski definition) is 1. The molecule has 0 aliphatic rings. The van der Waals surface area contributed by atoms with Crippen LogP contribution in [0.25, 0.3) is 11.3 Å². The predicted molar refractivity (Wildman–Crippen MR) is 79.9 cm³/mol. The summed E-state index contributed by atoms with van der Waals surface area (Å²) < 4.78 is 1.45. The van der Waals surface area contributed by atoms with Crippen LogP contribution in [-0.2, 0) is 0 Å². The molecule has 0 spiro atoms. The Morgan fingerprint density at radius 1 is 0.800 bits per heavy atom. The molecule has 0 aliphatic carbocycles. The van der Waals surface area contributed by atoms with Gasteiger partial charge in [0.1, 0.15) is 5.69 Å². The lowest BCUT2D eigenvalue weighted by Gasteiger charge is -2.07. The van der Waals surface area contributed by atoms with E-state index < -0.39 is 0 Å². The number of nitrogens with two attached hydrogens (primary N) is 1. The minimum atomic E-state index is -0.0738. The van der Waals surface area contributed by atoms with Crippen LogP contribution in [0.15, 0.2) is 72.8 Å². The van der Waals surface area contributed by atoms with Crippen molar-refractivity contribution in [1.82, 2.24) is 4.68 Å². The molecule has 0 aliphatic heterocycles. The molecular weight excluding hydrogens is 248 g/mol. The summed E-state index contributed by atoms with van der Waals surface area (Å²) in [6.45, 7) is 0. The number of hydrogen-bond acceptors (Lipinski definition) is 2. The molecule has 1 heterocycles. The third kappa shape index (κ3) is 2.10. The molecule has 1 aromatic heterocycles. The maximum Gasteiger partial charge on any atom is 0.211 e. The van der Waals surface area contributed by atoms with Gasteiger partial charge < -0.3 is 5.84 Å². The van der Waals surface area contributed by atoms with E-state index in [-0.39, 0.29) is 5.78 Å². The van der Waals surface area contributed by atoms with E-state index in [2.05, 4.69) is 0 Å². The zero-order chi connectivity index (χ0) is 13.9. The molecule has 2 aromatic carbocycles. The van der Waals surface area contributed by atoms with Crippen molar-refractivity contribution in [2.75, 3.05) is 5.84 Å². The van der Waals surface area contributed by atoms with Crippen LogP contribution in [0.3, 0.4) is 0 Å². The first-order chi connectivity index (χ1) is 9.77. The van der Waals surface area contributed by atoms with E-state index in [0.29, 0.717) is 11.3 Å². The second-order valence-corrected chi connectivity index (χ2v) is 4.53. The quantitative estimate of drug-likeness (QED) is 0.582. The summed E-state index contributed by atoms with van der Waals surface area (Å²) in [5.74, 6) is 6.00. The fraction of sp³-hybridized carbons (Fsp3) is 0. The van der Waals surface area contributed by atoms with Crippen LogP contribution < -0.4 is 5.84 Å². The number of carbonyl (C=O) groups is 1. The van der Waals surface area contributed by atoms with E-state index in [1.807, 2.05) is 54.6 Å². The van der Waals surface area contributed by atoms with E-state index in [1.54, 1.807) is 18.2 Å². The van der Waals surface area contributed by atoms with Gasteiger partial charge in [-0.3, -0.25) is 9.47 Å². The van der Waals surface area contributed by atoms with Crippen LogP contribution in [-0.4, -0.2) is 10.5 Å². The summed E-state index contributed by atoms with van der Waals surface area (Å²) in [4.78, 5) is 12.4. The normalized spacial score (nSPS) is 10.4. The van der Waals surface area contributed by atoms with Crippen molar-refractivity contribution in [3.63, 3.8) is 0 Å². The molecule has 0 amide bonds. The van der Waals surface area contributed by atoms with Gasteiger partial charge in [0.2, 0.25) is 5.78 Å². The van der Waals surface area contributed by atoms with E-state index in [0.717, 1.165) is 11.3 Å². The van der Waals surface area contributed by atoms with Crippen LogP contribution in [0, 0.1) is 0 Å². The van der Waals surface area contributed by atoms with Gasteiger partial charge in [-0.05, 0) is 12.1 Å². The largest absolute Gasteiger partial charge is 0.338 e. The first-order valence-electron chi connectivity index (χ1n) is 6.39. The lowest BCUT2D eigenvalue weighted by atomic mass is 10.1. The number of ketones is 1. The zero-order valence-corrected chi connectivity index (χ0v) is 10.9. The summed E-state index contributed by atoms with van der Waals surface area (Å²) >= 11 is 0. The standard InChI is InChI=1S/C17H14N2O/c18-19-15(13-7-3-1-4-8-13)11-12-16(19)17(20)14-9-5-2-6-10-14/h1-12H,18H2. The maximum absolute atomic E-state index is 12.4. The SMILES string of the molecule is Nn1c(C(=O)c2ccccc2)ccc1-c1ccccc1. The molecule has 3 heteroatoms. The summed E-state index contributed by atoms with van der Waals surface area (Å²) in [6.07, 6.45) is 0. The van der Waals surface area contributed by atoms with E-state index in [1.165, 1.54) is 4.68 Å². The van der Waals surface area contributed by atoms with Gasteiger partial charge >= 0.3 is 0 Å². The fourth-order valence-electron chi connectivity index (χ4n) is 2.21. The first kappa shape index (κ1) is 12.2. The number of benzene rings is 2. The van der Waals surface area contributed by atoms with E-state index in [4.69, 9.17) is 5.84 Å². The number of nitrogens with zero attached hydrogens (tertiary/aromatic N) is 1. The number of aromatic nitrogens is 1. The highest BCUT2D eigenvalue weighted by molar-refractivity contribution is 6.08. The summed E-state index contributed by atoms with van der Waals surface area (Å²) in [5.41, 5.74) is 2.93. The number of nitrogen functional groups attached to an aromatic ring is 1. The Balaban J connectivity index is 2.01. The Labute approximate surface area is 117 Å². The third-order valence-electron chi connectivity index (χ3n) is 3.26. The Kier molecular flexibility index (Phi) is 3.09. The van der Waals surface area contributed by atoms with Crippen molar-refractivity contribution >= 4 is 5.78 Å². The van der Waals surface area contributed by atoms with Crippen molar-refractivity contribution in [3.05, 3.63) is 84.1 Å². The molecule has 0 saturated heterocycles. The van der Waals surface area contributed by atoms with Crippen LogP contribution in [0.4, 0.5) is 0 Å². The highest BCUT2D eigenvalue weighted by Gasteiger charge is 2.15. The minimum absolute atomic E-state index is 0.0738. The molecule has 0 radical (unpaired) electrons. The smallest absolute Gasteiger partial charge is 0.211 e. The van der Waals surface area contributed by atoms with Crippen molar-refractivity contribution in [2.45, 2.75) is 0 Å². The van der Waals surface area contributed by atoms with Gasteiger partial charge in [-0.1, -0.05) is 60.7 Å². The monoisotopic (exact) mass is 262 g/mol. The predicted octanol–water partition coefficient (Wildman–Crippen LogP) is 3.10. The van der Waals surface area contributed by atoms with Gasteiger partial charge in [0.15, 0.2) is 0 Å². The molecule has 3 rings (SSSR count). The van der Waals surface area contributed by atoms with Gasteiger partial charge in [0.25, 0.3) is 0 Å². The Morgan fingerprint density at radius 3 is 2.05 bits per heavy atom. The average molecular weight is 262 g/mol. The van der Waals surface area contributed by atoms with Crippen molar-refractivity contribution in [2.24, 2.45) is 0 Å². The number of carbonyl (C=O) groups excluding carboxylic acids is 1. The van der Waals surface area contributed by atoms with Crippen molar-refractivity contribution in [1.29, 1.82) is 0 Å². The van der Waals surface area contributed by atoms with Gasteiger partial charge in [0, 0.05) is 11.1 Å². The molecule has 20 heavy (non-hydrogen) atoms. The third-order valence-corrected chi connectivity index (χ3v) is 3.26. The van der Waals surface area contributed by atoms with Gasteiger partial charge in [0.05, 0.1) is 5.69 Å². The van der Waals surface area contributed by atoms with Crippen LogP contribution in [0.5, 0.6) is 0 Å². The zero-order valence-electron chi connectivity index (χ0n) is 10.9. The molecule has 0 bridgehead atoms. The van der Waals surface area contributed by atoms with Gasteiger partial charge in [-0.2, -0.15) is 0 Å². The first-order valence-corrected chi connectivity index (χ1v) is 6.39. The van der Waals surface area contributed by atoms with Crippen LogP contribution >= 0.6 is 0 Å². The lowest BCUT2D eigenvalue weighted by molar-refractivity contribution is 0.103. The Hall–Kier alpha value is -2.81. The molecule has 3 nitrogen and oxygen atoms in total. The maximum atomic E-state index is 12.4. The second kappa shape index (κ2) is 5.05. The van der Waals surface area contributed by atoms with E-state index >= 15 is 0 Å². The topological polar surface area (TPSA) is 48.0 Å². The molecular formula is C17H14N2O. The molecule has 98 valence electrons. The molecule has 0 unspecified atom stereocenters. The van der Waals surface area contributed by atoms with Gasteiger partial charge in [-0.15, -0.1) is 0 Å². The molecule has 0 saturated carbocycles. The van der Waals surface area contributed by atoms with Gasteiger partial charge in [-0.25, -0.2) is 0 Å². The van der Waals surface area contributed by atoms with E-state index in [9.17, 15) is 4.79 Å². The van der Waals surface area contributed by atoms with Crippen LogP contribution in [0.1, 0.15) is 16.1 Å².